The van der Waals surface area contributed by atoms with Gasteiger partial charge >= 0.3 is 0 Å². The lowest BCUT2D eigenvalue weighted by atomic mass is 10.1. The van der Waals surface area contributed by atoms with E-state index >= 15 is 0 Å². The molecule has 0 amide bonds. The third kappa shape index (κ3) is 3.92. The van der Waals surface area contributed by atoms with Crippen molar-refractivity contribution in [2.75, 3.05) is 13.2 Å². The van der Waals surface area contributed by atoms with Gasteiger partial charge in [0.15, 0.2) is 5.79 Å². The Labute approximate surface area is 80.9 Å². The van der Waals surface area contributed by atoms with E-state index < -0.39 is 0 Å². The summed E-state index contributed by atoms with van der Waals surface area (Å²) in [7, 11) is 0. The van der Waals surface area contributed by atoms with Crippen LogP contribution >= 0.6 is 0 Å². The molecule has 1 rings (SSSR count). The van der Waals surface area contributed by atoms with Gasteiger partial charge in [0.1, 0.15) is 0 Å². The molecular formula is C11H19O2. The largest absolute Gasteiger partial charge is 0.348 e. The molecule has 2 heteroatoms. The van der Waals surface area contributed by atoms with Gasteiger partial charge in [0.25, 0.3) is 0 Å². The van der Waals surface area contributed by atoms with Crippen molar-refractivity contribution in [3.8, 4) is 0 Å². The van der Waals surface area contributed by atoms with Gasteiger partial charge in [0, 0.05) is 6.42 Å². The molecule has 0 unspecified atom stereocenters. The van der Waals surface area contributed by atoms with Crippen LogP contribution in [0.25, 0.3) is 0 Å². The van der Waals surface area contributed by atoms with Crippen molar-refractivity contribution in [1.29, 1.82) is 0 Å². The predicted octanol–water partition coefficient (Wildman–Crippen LogP) is 2.69. The Balaban J connectivity index is 2.01. The van der Waals surface area contributed by atoms with Crippen molar-refractivity contribution >= 4 is 0 Å². The van der Waals surface area contributed by atoms with Crippen LogP contribution in [-0.2, 0) is 9.47 Å². The molecular weight excluding hydrogens is 164 g/mol. The molecule has 1 aliphatic rings. The molecule has 1 saturated heterocycles. The molecule has 0 bridgehead atoms. The Kier molecular flexibility index (Phi) is 4.46. The van der Waals surface area contributed by atoms with Crippen molar-refractivity contribution in [1.82, 2.24) is 0 Å². The second-order valence-corrected chi connectivity index (χ2v) is 3.67. The molecule has 0 N–H and O–H groups in total. The maximum atomic E-state index is 5.49. The second-order valence-electron chi connectivity index (χ2n) is 3.67. The molecule has 2 nitrogen and oxygen atoms in total. The highest BCUT2D eigenvalue weighted by Crippen LogP contribution is 2.25. The molecule has 1 heterocycles. The molecule has 75 valence electrons. The minimum Gasteiger partial charge on any atom is -0.348 e. The van der Waals surface area contributed by atoms with Crippen molar-refractivity contribution in [2.45, 2.75) is 44.8 Å². The maximum Gasteiger partial charge on any atom is 0.165 e. The smallest absolute Gasteiger partial charge is 0.165 e. The molecule has 0 aromatic heterocycles. The summed E-state index contributed by atoms with van der Waals surface area (Å²) in [5, 5.41) is 0. The van der Waals surface area contributed by atoms with Gasteiger partial charge in [-0.1, -0.05) is 19.1 Å². The quantitative estimate of drug-likeness (QED) is 0.589. The Hall–Kier alpha value is -0.340. The lowest BCUT2D eigenvalue weighted by Crippen LogP contribution is -2.24. The van der Waals surface area contributed by atoms with Crippen molar-refractivity contribution in [3.63, 3.8) is 0 Å². The number of hydrogen-bond donors (Lipinski definition) is 0. The van der Waals surface area contributed by atoms with Crippen molar-refractivity contribution in [3.05, 3.63) is 12.7 Å². The Bertz CT molecular complexity index is 148. The lowest BCUT2D eigenvalue weighted by molar-refractivity contribution is -0.147. The SMILES string of the molecule is [CH]=CCCCCCC1(C)OCCO1. The number of hydrogen-bond acceptors (Lipinski definition) is 2. The van der Waals surface area contributed by atoms with Gasteiger partial charge in [-0.2, -0.15) is 0 Å². The highest BCUT2D eigenvalue weighted by molar-refractivity contribution is 4.68. The van der Waals surface area contributed by atoms with E-state index in [2.05, 4.69) is 0 Å². The molecule has 1 fully saturated rings. The summed E-state index contributed by atoms with van der Waals surface area (Å²) in [5.74, 6) is -0.299. The van der Waals surface area contributed by atoms with Gasteiger partial charge in [-0.15, -0.1) is 0 Å². The van der Waals surface area contributed by atoms with Gasteiger partial charge in [-0.3, -0.25) is 0 Å². The average Bonchev–Trinajstić information content (AvgIpc) is 2.53. The molecule has 0 aromatic rings. The zero-order valence-electron chi connectivity index (χ0n) is 8.42. The molecule has 0 aliphatic carbocycles. The van der Waals surface area contributed by atoms with Crippen molar-refractivity contribution in [2.24, 2.45) is 0 Å². The first-order valence-electron chi connectivity index (χ1n) is 5.08. The van der Waals surface area contributed by atoms with Gasteiger partial charge < -0.3 is 9.47 Å². The highest BCUT2D eigenvalue weighted by atomic mass is 16.7. The van der Waals surface area contributed by atoms with Crippen LogP contribution in [0.15, 0.2) is 6.08 Å². The zero-order chi connectivity index (χ0) is 9.57. The molecule has 13 heavy (non-hydrogen) atoms. The van der Waals surface area contributed by atoms with Crippen LogP contribution in [0.4, 0.5) is 0 Å². The van der Waals surface area contributed by atoms with Gasteiger partial charge in [0.05, 0.1) is 13.2 Å². The van der Waals surface area contributed by atoms with E-state index in [1.54, 1.807) is 6.08 Å². The van der Waals surface area contributed by atoms with E-state index in [1.807, 2.05) is 6.92 Å². The Morgan fingerprint density at radius 1 is 1.23 bits per heavy atom. The summed E-state index contributed by atoms with van der Waals surface area (Å²) < 4.78 is 11.0. The summed E-state index contributed by atoms with van der Waals surface area (Å²) in [6, 6.07) is 0. The Morgan fingerprint density at radius 2 is 1.92 bits per heavy atom. The Morgan fingerprint density at radius 3 is 2.54 bits per heavy atom. The zero-order valence-corrected chi connectivity index (χ0v) is 8.42. The number of ether oxygens (including phenoxy) is 2. The van der Waals surface area contributed by atoms with Crippen LogP contribution in [-0.4, -0.2) is 19.0 Å². The van der Waals surface area contributed by atoms with Crippen LogP contribution in [0.2, 0.25) is 0 Å². The van der Waals surface area contributed by atoms with Gasteiger partial charge in [-0.05, 0) is 26.2 Å². The summed E-state index contributed by atoms with van der Waals surface area (Å²) in [5.41, 5.74) is 0. The summed E-state index contributed by atoms with van der Waals surface area (Å²) in [6.07, 6.45) is 7.27. The first kappa shape index (κ1) is 10.7. The monoisotopic (exact) mass is 183 g/mol. The second kappa shape index (κ2) is 5.40. The molecule has 1 aliphatic heterocycles. The fraction of sp³-hybridized carbons (Fsp3) is 0.818. The van der Waals surface area contributed by atoms with Gasteiger partial charge in [0.2, 0.25) is 0 Å². The van der Waals surface area contributed by atoms with Crippen molar-refractivity contribution < 1.29 is 9.47 Å². The molecule has 0 saturated carbocycles. The number of allylic oxidation sites excluding steroid dienone is 1. The topological polar surface area (TPSA) is 18.5 Å². The fourth-order valence-electron chi connectivity index (χ4n) is 1.59. The third-order valence-electron chi connectivity index (χ3n) is 2.40. The van der Waals surface area contributed by atoms with Gasteiger partial charge in [-0.25, -0.2) is 0 Å². The average molecular weight is 183 g/mol. The standard InChI is InChI=1S/C11H19O2/c1-3-4-5-6-7-8-11(2)12-9-10-13-11/h1,3H,4-10H2,2H3. The number of rotatable bonds is 6. The normalized spacial score (nSPS) is 20.4. The van der Waals surface area contributed by atoms with E-state index in [0.717, 1.165) is 32.5 Å². The first-order valence-corrected chi connectivity index (χ1v) is 5.08. The van der Waals surface area contributed by atoms with E-state index in [0.29, 0.717) is 0 Å². The maximum absolute atomic E-state index is 5.49. The van der Waals surface area contributed by atoms with E-state index in [4.69, 9.17) is 16.1 Å². The van der Waals surface area contributed by atoms with Crippen LogP contribution < -0.4 is 0 Å². The van der Waals surface area contributed by atoms with E-state index in [9.17, 15) is 0 Å². The van der Waals surface area contributed by atoms with Crippen LogP contribution in [0.1, 0.15) is 39.0 Å². The lowest BCUT2D eigenvalue weighted by Gasteiger charge is -2.21. The first-order chi connectivity index (χ1) is 6.27. The molecule has 0 atom stereocenters. The van der Waals surface area contributed by atoms with E-state index in [1.165, 1.54) is 12.8 Å². The summed E-state index contributed by atoms with van der Waals surface area (Å²) >= 11 is 0. The summed E-state index contributed by atoms with van der Waals surface area (Å²) in [4.78, 5) is 0. The minimum absolute atomic E-state index is 0.299. The molecule has 1 radical (unpaired) electrons. The van der Waals surface area contributed by atoms with Crippen LogP contribution in [0.5, 0.6) is 0 Å². The highest BCUT2D eigenvalue weighted by Gasteiger charge is 2.29. The molecule has 0 spiro atoms. The van der Waals surface area contributed by atoms with E-state index in [-0.39, 0.29) is 5.79 Å². The minimum atomic E-state index is -0.299. The number of unbranched alkanes of at least 4 members (excludes halogenated alkanes) is 3. The van der Waals surface area contributed by atoms with Crippen LogP contribution in [0.3, 0.4) is 0 Å². The predicted molar refractivity (Wildman–Crippen MR) is 52.3 cm³/mol. The third-order valence-corrected chi connectivity index (χ3v) is 2.40. The fourth-order valence-corrected chi connectivity index (χ4v) is 1.59. The summed E-state index contributed by atoms with van der Waals surface area (Å²) in [6.45, 7) is 8.79. The van der Waals surface area contributed by atoms with Crippen LogP contribution in [0, 0.1) is 6.58 Å². The molecule has 0 aromatic carbocycles.